The Labute approximate surface area is 68.4 Å². The van der Waals surface area contributed by atoms with Crippen molar-refractivity contribution in [1.82, 2.24) is 0 Å². The van der Waals surface area contributed by atoms with Crippen molar-refractivity contribution in [3.05, 3.63) is 12.2 Å². The Morgan fingerprint density at radius 3 is 2.45 bits per heavy atom. The van der Waals surface area contributed by atoms with Gasteiger partial charge in [0.15, 0.2) is 0 Å². The van der Waals surface area contributed by atoms with Gasteiger partial charge in [0.05, 0.1) is 11.2 Å². The van der Waals surface area contributed by atoms with E-state index in [-0.39, 0.29) is 11.2 Å². The minimum atomic E-state index is 0.120. The molecule has 11 heavy (non-hydrogen) atoms. The van der Waals surface area contributed by atoms with E-state index < -0.39 is 0 Å². The molecule has 62 valence electrons. The minimum Gasteiger partial charge on any atom is -0.365 e. The molecule has 1 nitrogen and oxygen atoms in total. The average molecular weight is 152 g/mol. The molecule has 1 spiro atoms. The van der Waals surface area contributed by atoms with Gasteiger partial charge in [-0.25, -0.2) is 0 Å². The smallest absolute Gasteiger partial charge is 0.0873 e. The lowest BCUT2D eigenvalue weighted by atomic mass is 9.97. The van der Waals surface area contributed by atoms with E-state index in [1.54, 1.807) is 0 Å². The minimum absolute atomic E-state index is 0.120. The van der Waals surface area contributed by atoms with Crippen molar-refractivity contribution in [2.75, 3.05) is 0 Å². The van der Waals surface area contributed by atoms with Gasteiger partial charge in [-0.2, -0.15) is 0 Å². The van der Waals surface area contributed by atoms with Gasteiger partial charge in [0.2, 0.25) is 0 Å². The molecule has 0 radical (unpaired) electrons. The fourth-order valence-corrected chi connectivity index (χ4v) is 2.17. The summed E-state index contributed by atoms with van der Waals surface area (Å²) in [6.07, 6.45) is 9.35. The number of rotatable bonds is 0. The molecule has 0 bridgehead atoms. The largest absolute Gasteiger partial charge is 0.365 e. The molecule has 0 aromatic carbocycles. The van der Waals surface area contributed by atoms with Crippen LogP contribution in [0.5, 0.6) is 0 Å². The monoisotopic (exact) mass is 152 g/mol. The molecule has 1 aliphatic heterocycles. The average Bonchev–Trinajstić information content (AvgIpc) is 2.43. The van der Waals surface area contributed by atoms with Crippen LogP contribution in [-0.4, -0.2) is 11.2 Å². The van der Waals surface area contributed by atoms with Crippen molar-refractivity contribution < 1.29 is 4.74 Å². The molecule has 0 amide bonds. The number of hydrogen-bond acceptors (Lipinski definition) is 1. The highest BCUT2D eigenvalue weighted by Gasteiger charge is 2.43. The first-order valence-corrected chi connectivity index (χ1v) is 4.50. The van der Waals surface area contributed by atoms with Gasteiger partial charge < -0.3 is 4.74 Å². The first-order chi connectivity index (χ1) is 5.12. The fraction of sp³-hybridized carbons (Fsp3) is 0.800. The summed E-state index contributed by atoms with van der Waals surface area (Å²) in [5.41, 5.74) is 0.262. The Balaban J connectivity index is 2.14. The summed E-state index contributed by atoms with van der Waals surface area (Å²) in [5.74, 6) is 0. The SMILES string of the molecule is CC1(C)CCC2(C=CCC2)O1. The number of ether oxygens (including phenoxy) is 1. The van der Waals surface area contributed by atoms with E-state index in [1.165, 1.54) is 25.7 Å². The lowest BCUT2D eigenvalue weighted by molar-refractivity contribution is -0.0576. The quantitative estimate of drug-likeness (QED) is 0.485. The van der Waals surface area contributed by atoms with E-state index in [1.807, 2.05) is 0 Å². The topological polar surface area (TPSA) is 9.23 Å². The predicted octanol–water partition coefficient (Wildman–Crippen LogP) is 2.66. The van der Waals surface area contributed by atoms with Gasteiger partial charge in [0, 0.05) is 0 Å². The second-order valence-electron chi connectivity index (χ2n) is 4.37. The molecule has 0 saturated carbocycles. The molecular weight excluding hydrogens is 136 g/mol. The van der Waals surface area contributed by atoms with Gasteiger partial charge >= 0.3 is 0 Å². The third-order valence-electron chi connectivity index (χ3n) is 2.79. The van der Waals surface area contributed by atoms with Gasteiger partial charge in [-0.1, -0.05) is 12.2 Å². The summed E-state index contributed by atoms with van der Waals surface area (Å²) in [4.78, 5) is 0. The maximum Gasteiger partial charge on any atom is 0.0873 e. The third kappa shape index (κ3) is 1.22. The van der Waals surface area contributed by atoms with E-state index in [0.29, 0.717) is 0 Å². The van der Waals surface area contributed by atoms with Crippen LogP contribution in [0.2, 0.25) is 0 Å². The molecule has 1 heteroatoms. The molecule has 1 saturated heterocycles. The summed E-state index contributed by atoms with van der Waals surface area (Å²) in [6.45, 7) is 4.38. The van der Waals surface area contributed by atoms with Crippen molar-refractivity contribution in [3.63, 3.8) is 0 Å². The Morgan fingerprint density at radius 1 is 1.18 bits per heavy atom. The molecule has 1 fully saturated rings. The van der Waals surface area contributed by atoms with Crippen molar-refractivity contribution in [1.29, 1.82) is 0 Å². The normalized spacial score (nSPS) is 40.5. The second kappa shape index (κ2) is 2.10. The molecule has 1 aliphatic carbocycles. The molecule has 2 aliphatic rings. The zero-order valence-corrected chi connectivity index (χ0v) is 7.39. The Kier molecular flexibility index (Phi) is 1.40. The Bertz CT molecular complexity index is 193. The van der Waals surface area contributed by atoms with E-state index >= 15 is 0 Å². The molecular formula is C10H16O. The van der Waals surface area contributed by atoms with Crippen LogP contribution in [0.15, 0.2) is 12.2 Å². The summed E-state index contributed by atoms with van der Waals surface area (Å²) < 4.78 is 6.01. The third-order valence-corrected chi connectivity index (χ3v) is 2.79. The molecule has 0 N–H and O–H groups in total. The molecule has 1 atom stereocenters. The highest BCUT2D eigenvalue weighted by atomic mass is 16.5. The molecule has 2 rings (SSSR count). The second-order valence-corrected chi connectivity index (χ2v) is 4.37. The summed E-state index contributed by atoms with van der Waals surface area (Å²) in [5, 5.41) is 0. The van der Waals surface area contributed by atoms with Crippen molar-refractivity contribution in [3.8, 4) is 0 Å². The van der Waals surface area contributed by atoms with Gasteiger partial charge in [0.25, 0.3) is 0 Å². The van der Waals surface area contributed by atoms with Crippen LogP contribution < -0.4 is 0 Å². The number of allylic oxidation sites excluding steroid dienone is 1. The van der Waals surface area contributed by atoms with Crippen LogP contribution in [0.4, 0.5) is 0 Å². The van der Waals surface area contributed by atoms with Gasteiger partial charge in [-0.3, -0.25) is 0 Å². The summed E-state index contributed by atoms with van der Waals surface area (Å²) in [7, 11) is 0. The van der Waals surface area contributed by atoms with Crippen LogP contribution in [0.25, 0.3) is 0 Å². The maximum atomic E-state index is 6.01. The van der Waals surface area contributed by atoms with Crippen molar-refractivity contribution in [2.24, 2.45) is 0 Å². The Morgan fingerprint density at radius 2 is 2.00 bits per heavy atom. The molecule has 1 heterocycles. The van der Waals surface area contributed by atoms with Crippen LogP contribution >= 0.6 is 0 Å². The summed E-state index contributed by atoms with van der Waals surface area (Å²) in [6, 6.07) is 0. The maximum absolute atomic E-state index is 6.01. The Hall–Kier alpha value is -0.300. The van der Waals surface area contributed by atoms with Crippen molar-refractivity contribution in [2.45, 2.75) is 50.7 Å². The van der Waals surface area contributed by atoms with E-state index in [4.69, 9.17) is 4.74 Å². The van der Waals surface area contributed by atoms with Gasteiger partial charge in [-0.15, -0.1) is 0 Å². The summed E-state index contributed by atoms with van der Waals surface area (Å²) >= 11 is 0. The first kappa shape index (κ1) is 7.35. The fourth-order valence-electron chi connectivity index (χ4n) is 2.17. The van der Waals surface area contributed by atoms with Crippen LogP contribution in [0.3, 0.4) is 0 Å². The molecule has 0 aromatic rings. The lowest BCUT2D eigenvalue weighted by Gasteiger charge is -2.25. The zero-order valence-electron chi connectivity index (χ0n) is 7.39. The highest BCUT2D eigenvalue weighted by Crippen LogP contribution is 2.43. The highest BCUT2D eigenvalue weighted by molar-refractivity contribution is 5.13. The van der Waals surface area contributed by atoms with Crippen LogP contribution in [0, 0.1) is 0 Å². The van der Waals surface area contributed by atoms with Crippen LogP contribution in [-0.2, 0) is 4.74 Å². The molecule has 1 unspecified atom stereocenters. The van der Waals surface area contributed by atoms with Gasteiger partial charge in [-0.05, 0) is 39.5 Å². The molecule has 0 aromatic heterocycles. The van der Waals surface area contributed by atoms with E-state index in [0.717, 1.165) is 0 Å². The lowest BCUT2D eigenvalue weighted by Crippen LogP contribution is -2.28. The van der Waals surface area contributed by atoms with E-state index in [2.05, 4.69) is 26.0 Å². The van der Waals surface area contributed by atoms with E-state index in [9.17, 15) is 0 Å². The number of hydrogen-bond donors (Lipinski definition) is 0. The first-order valence-electron chi connectivity index (χ1n) is 4.50. The van der Waals surface area contributed by atoms with Crippen LogP contribution in [0.1, 0.15) is 39.5 Å². The van der Waals surface area contributed by atoms with Crippen molar-refractivity contribution >= 4 is 0 Å². The van der Waals surface area contributed by atoms with Gasteiger partial charge in [0.1, 0.15) is 0 Å². The zero-order chi connectivity index (χ0) is 7.95. The predicted molar refractivity (Wildman–Crippen MR) is 45.5 cm³/mol. The standard InChI is InChI=1S/C10H16O/c1-9(2)7-8-10(11-9)5-3-4-6-10/h3,5H,4,6-8H2,1-2H3.